The minimum absolute atomic E-state index is 0.146. The Morgan fingerprint density at radius 3 is 2.27 bits per heavy atom. The zero-order valence-electron chi connectivity index (χ0n) is 9.57. The second kappa shape index (κ2) is 3.93. The molecule has 0 N–H and O–H groups in total. The van der Waals surface area contributed by atoms with Gasteiger partial charge in [0.05, 0.1) is 0 Å². The molecule has 1 nitrogen and oxygen atoms in total. The lowest BCUT2D eigenvalue weighted by Crippen LogP contribution is -2.46. The maximum absolute atomic E-state index is 12.8. The Balaban J connectivity index is 2.18. The number of likely N-dealkylation sites (N-methyl/N-ethyl adjacent to an activating group) is 1. The molecule has 0 aromatic heterocycles. The van der Waals surface area contributed by atoms with Crippen LogP contribution in [0.3, 0.4) is 0 Å². The predicted octanol–water partition coefficient (Wildman–Crippen LogP) is 2.88. The molecule has 15 heavy (non-hydrogen) atoms. The third-order valence-electron chi connectivity index (χ3n) is 3.56. The van der Waals surface area contributed by atoms with Gasteiger partial charge in [0.1, 0.15) is 5.82 Å². The van der Waals surface area contributed by atoms with Crippen LogP contribution in [-0.4, -0.2) is 25.0 Å². The van der Waals surface area contributed by atoms with Crippen LogP contribution in [0.1, 0.15) is 24.8 Å². The standard InChI is InChI=1S/C13H18FN/c1-9-8-12(15(2)3)13(9)10-4-6-11(14)7-5-10/h4-7,9,12-13H,8H2,1-3H3. The molecule has 3 atom stereocenters. The fourth-order valence-corrected chi connectivity index (χ4v) is 2.63. The number of rotatable bonds is 2. The summed E-state index contributed by atoms with van der Waals surface area (Å²) in [7, 11) is 4.24. The fraction of sp³-hybridized carbons (Fsp3) is 0.538. The minimum atomic E-state index is -0.146. The fourth-order valence-electron chi connectivity index (χ4n) is 2.63. The normalized spacial score (nSPS) is 30.3. The van der Waals surface area contributed by atoms with Gasteiger partial charge >= 0.3 is 0 Å². The van der Waals surface area contributed by atoms with Crippen LogP contribution in [-0.2, 0) is 0 Å². The average Bonchev–Trinajstić information content (AvgIpc) is 2.17. The largest absolute Gasteiger partial charge is 0.306 e. The van der Waals surface area contributed by atoms with Crippen LogP contribution in [0, 0.1) is 11.7 Å². The van der Waals surface area contributed by atoms with Crippen molar-refractivity contribution in [3.05, 3.63) is 35.6 Å². The molecule has 0 spiro atoms. The van der Waals surface area contributed by atoms with E-state index in [1.165, 1.54) is 12.0 Å². The molecule has 0 heterocycles. The highest BCUT2D eigenvalue weighted by molar-refractivity contribution is 5.26. The molecule has 0 saturated heterocycles. The molecule has 1 aromatic carbocycles. The smallest absolute Gasteiger partial charge is 0.123 e. The summed E-state index contributed by atoms with van der Waals surface area (Å²) < 4.78 is 12.8. The topological polar surface area (TPSA) is 3.24 Å². The van der Waals surface area contributed by atoms with Crippen molar-refractivity contribution in [1.82, 2.24) is 4.90 Å². The summed E-state index contributed by atoms with van der Waals surface area (Å²) in [6.45, 7) is 2.27. The van der Waals surface area contributed by atoms with Crippen LogP contribution in [0.15, 0.2) is 24.3 Å². The second-order valence-corrected chi connectivity index (χ2v) is 4.82. The van der Waals surface area contributed by atoms with Gasteiger partial charge in [0.15, 0.2) is 0 Å². The van der Waals surface area contributed by atoms with Crippen LogP contribution < -0.4 is 0 Å². The highest BCUT2D eigenvalue weighted by Gasteiger charge is 2.39. The van der Waals surface area contributed by atoms with Gasteiger partial charge in [0, 0.05) is 12.0 Å². The van der Waals surface area contributed by atoms with E-state index in [2.05, 4.69) is 25.9 Å². The summed E-state index contributed by atoms with van der Waals surface area (Å²) in [5.74, 6) is 1.13. The summed E-state index contributed by atoms with van der Waals surface area (Å²) in [5.41, 5.74) is 1.27. The van der Waals surface area contributed by atoms with Crippen LogP contribution in [0.5, 0.6) is 0 Å². The average molecular weight is 207 g/mol. The van der Waals surface area contributed by atoms with E-state index in [1.54, 1.807) is 12.1 Å². The third-order valence-corrected chi connectivity index (χ3v) is 3.56. The molecule has 1 aliphatic carbocycles. The maximum atomic E-state index is 12.8. The molecule has 1 saturated carbocycles. The molecule has 1 fully saturated rings. The van der Waals surface area contributed by atoms with Crippen molar-refractivity contribution >= 4 is 0 Å². The van der Waals surface area contributed by atoms with Gasteiger partial charge in [0.25, 0.3) is 0 Å². The van der Waals surface area contributed by atoms with E-state index in [1.807, 2.05) is 12.1 Å². The number of benzene rings is 1. The quantitative estimate of drug-likeness (QED) is 0.720. The van der Waals surface area contributed by atoms with Crippen LogP contribution in [0.4, 0.5) is 4.39 Å². The van der Waals surface area contributed by atoms with Crippen molar-refractivity contribution in [1.29, 1.82) is 0 Å². The molecule has 3 unspecified atom stereocenters. The molecule has 82 valence electrons. The van der Waals surface area contributed by atoms with Crippen molar-refractivity contribution in [2.45, 2.75) is 25.3 Å². The lowest BCUT2D eigenvalue weighted by Gasteiger charge is -2.47. The number of halogens is 1. The molecule has 2 heteroatoms. The van der Waals surface area contributed by atoms with Gasteiger partial charge in [-0.1, -0.05) is 19.1 Å². The Hall–Kier alpha value is -0.890. The summed E-state index contributed by atoms with van der Waals surface area (Å²) in [4.78, 5) is 2.27. The van der Waals surface area contributed by atoms with Gasteiger partial charge < -0.3 is 4.90 Å². The lowest BCUT2D eigenvalue weighted by molar-refractivity contribution is 0.0972. The Morgan fingerprint density at radius 2 is 1.80 bits per heavy atom. The maximum Gasteiger partial charge on any atom is 0.123 e. The molecule has 2 rings (SSSR count). The molecule has 0 radical (unpaired) electrons. The first kappa shape index (κ1) is 10.6. The Kier molecular flexibility index (Phi) is 2.79. The Morgan fingerprint density at radius 1 is 1.20 bits per heavy atom. The Labute approximate surface area is 90.9 Å². The highest BCUT2D eigenvalue weighted by Crippen LogP contribution is 2.44. The van der Waals surface area contributed by atoms with Crippen molar-refractivity contribution in [2.24, 2.45) is 5.92 Å². The molecular formula is C13H18FN. The first-order valence-corrected chi connectivity index (χ1v) is 5.51. The molecule has 0 bridgehead atoms. The first-order chi connectivity index (χ1) is 7.09. The molecule has 1 aliphatic rings. The van der Waals surface area contributed by atoms with Gasteiger partial charge in [-0.2, -0.15) is 0 Å². The van der Waals surface area contributed by atoms with Gasteiger partial charge in [-0.15, -0.1) is 0 Å². The molecular weight excluding hydrogens is 189 g/mol. The number of hydrogen-bond donors (Lipinski definition) is 0. The van der Waals surface area contributed by atoms with Gasteiger partial charge in [0.2, 0.25) is 0 Å². The lowest BCUT2D eigenvalue weighted by atomic mass is 9.66. The van der Waals surface area contributed by atoms with E-state index in [0.29, 0.717) is 17.9 Å². The number of nitrogens with zero attached hydrogens (tertiary/aromatic N) is 1. The highest BCUT2D eigenvalue weighted by atomic mass is 19.1. The van der Waals surface area contributed by atoms with E-state index < -0.39 is 0 Å². The van der Waals surface area contributed by atoms with E-state index >= 15 is 0 Å². The minimum Gasteiger partial charge on any atom is -0.306 e. The third kappa shape index (κ3) is 1.91. The summed E-state index contributed by atoms with van der Waals surface area (Å²) in [6, 6.07) is 7.59. The summed E-state index contributed by atoms with van der Waals surface area (Å²) in [5, 5.41) is 0. The second-order valence-electron chi connectivity index (χ2n) is 4.82. The van der Waals surface area contributed by atoms with Crippen molar-refractivity contribution < 1.29 is 4.39 Å². The van der Waals surface area contributed by atoms with Crippen molar-refractivity contribution in [3.8, 4) is 0 Å². The summed E-state index contributed by atoms with van der Waals surface area (Å²) >= 11 is 0. The zero-order chi connectivity index (χ0) is 11.0. The van der Waals surface area contributed by atoms with Crippen LogP contribution >= 0.6 is 0 Å². The molecule has 0 aliphatic heterocycles. The van der Waals surface area contributed by atoms with E-state index in [-0.39, 0.29) is 5.82 Å². The van der Waals surface area contributed by atoms with Gasteiger partial charge in [-0.3, -0.25) is 0 Å². The van der Waals surface area contributed by atoms with E-state index in [0.717, 1.165) is 0 Å². The van der Waals surface area contributed by atoms with E-state index in [9.17, 15) is 4.39 Å². The monoisotopic (exact) mass is 207 g/mol. The predicted molar refractivity (Wildman–Crippen MR) is 60.4 cm³/mol. The summed E-state index contributed by atoms with van der Waals surface area (Å²) in [6.07, 6.45) is 1.25. The van der Waals surface area contributed by atoms with Gasteiger partial charge in [-0.05, 0) is 44.1 Å². The number of hydrogen-bond acceptors (Lipinski definition) is 1. The molecule has 1 aromatic rings. The SMILES string of the molecule is CC1CC(N(C)C)C1c1ccc(F)cc1. The Bertz CT molecular complexity index is 331. The van der Waals surface area contributed by atoms with Crippen LogP contribution in [0.25, 0.3) is 0 Å². The van der Waals surface area contributed by atoms with E-state index in [4.69, 9.17) is 0 Å². The van der Waals surface area contributed by atoms with Crippen molar-refractivity contribution in [2.75, 3.05) is 14.1 Å². The molecule has 0 amide bonds. The first-order valence-electron chi connectivity index (χ1n) is 5.51. The van der Waals surface area contributed by atoms with Gasteiger partial charge in [-0.25, -0.2) is 4.39 Å². The van der Waals surface area contributed by atoms with Crippen LogP contribution in [0.2, 0.25) is 0 Å². The van der Waals surface area contributed by atoms with Crippen molar-refractivity contribution in [3.63, 3.8) is 0 Å². The zero-order valence-corrected chi connectivity index (χ0v) is 9.57.